The Balaban J connectivity index is 0.00000121. The van der Waals surface area contributed by atoms with Gasteiger partial charge in [0.1, 0.15) is 6.67 Å². The number of benzene rings is 2. The van der Waals surface area contributed by atoms with Crippen LogP contribution in [-0.4, -0.2) is 37.8 Å². The Morgan fingerprint density at radius 3 is 2.32 bits per heavy atom. The van der Waals surface area contributed by atoms with E-state index in [0.29, 0.717) is 0 Å². The van der Waals surface area contributed by atoms with Gasteiger partial charge >= 0.3 is 0 Å². The lowest BCUT2D eigenvalue weighted by Crippen LogP contribution is -2.45. The summed E-state index contributed by atoms with van der Waals surface area (Å²) in [5.41, 5.74) is 2.37. The van der Waals surface area contributed by atoms with Gasteiger partial charge in [0.25, 0.3) is 0 Å². The molecule has 122 valence electrons. The maximum absolute atomic E-state index is 13.7. The van der Waals surface area contributed by atoms with Crippen molar-refractivity contribution in [3.8, 4) is 0 Å². The van der Waals surface area contributed by atoms with Gasteiger partial charge in [0, 0.05) is 26.2 Å². The van der Waals surface area contributed by atoms with Crippen LogP contribution in [0.1, 0.15) is 17.2 Å². The molecule has 0 spiro atoms. The Kier molecular flexibility index (Phi) is 7.57. The highest BCUT2D eigenvalue weighted by molar-refractivity contribution is 5.89. The van der Waals surface area contributed by atoms with Crippen LogP contribution < -0.4 is 5.32 Å². The Labute approximate surface area is 143 Å². The molecule has 0 amide bonds. The smallest absolute Gasteiger partial charge is 0.109 e. The summed E-state index contributed by atoms with van der Waals surface area (Å²) in [5.74, 6) is 0. The van der Waals surface area contributed by atoms with Gasteiger partial charge in [-0.3, -0.25) is 4.90 Å². The van der Waals surface area contributed by atoms with Crippen LogP contribution in [0.15, 0.2) is 36.4 Å². The minimum Gasteiger partial charge on any atom is -0.314 e. The van der Waals surface area contributed by atoms with Crippen molar-refractivity contribution in [1.29, 1.82) is 0 Å². The standard InChI is InChI=1S/C17H21FN2.2ClH/c1-13-6-7-16(15-5-3-2-4-14(13)15)17(12-18)20-10-8-19-9-11-20;;/h2-7,17,19H,8-12H2,1H3;2*1H/t17-;;/m1../s1. The van der Waals surface area contributed by atoms with E-state index in [1.165, 1.54) is 16.3 Å². The van der Waals surface area contributed by atoms with Crippen LogP contribution in [0.3, 0.4) is 0 Å². The van der Waals surface area contributed by atoms with Crippen LogP contribution >= 0.6 is 24.8 Å². The lowest BCUT2D eigenvalue weighted by molar-refractivity contribution is 0.148. The molecule has 1 aliphatic heterocycles. The number of halogens is 3. The van der Waals surface area contributed by atoms with E-state index in [2.05, 4.69) is 41.4 Å². The first-order valence-corrected chi connectivity index (χ1v) is 7.30. The monoisotopic (exact) mass is 344 g/mol. The predicted molar refractivity (Wildman–Crippen MR) is 96.3 cm³/mol. The highest BCUT2D eigenvalue weighted by atomic mass is 35.5. The van der Waals surface area contributed by atoms with Gasteiger partial charge < -0.3 is 5.32 Å². The molecule has 0 aliphatic carbocycles. The third-order valence-corrected chi connectivity index (χ3v) is 4.27. The number of piperazine rings is 1. The average Bonchev–Trinajstić information content (AvgIpc) is 2.52. The number of hydrogen-bond acceptors (Lipinski definition) is 2. The normalized spacial score (nSPS) is 16.6. The number of alkyl halides is 1. The Morgan fingerprint density at radius 2 is 1.68 bits per heavy atom. The van der Waals surface area contributed by atoms with E-state index in [1.807, 2.05) is 12.1 Å². The first kappa shape index (κ1) is 19.2. The molecule has 1 heterocycles. The van der Waals surface area contributed by atoms with Crippen molar-refractivity contribution in [2.75, 3.05) is 32.9 Å². The molecular weight excluding hydrogens is 322 g/mol. The Bertz CT molecular complexity index is 600. The molecule has 1 saturated heterocycles. The summed E-state index contributed by atoms with van der Waals surface area (Å²) in [6.45, 7) is 5.50. The maximum atomic E-state index is 13.7. The highest BCUT2D eigenvalue weighted by Crippen LogP contribution is 2.30. The number of aryl methyl sites for hydroxylation is 1. The third kappa shape index (κ3) is 3.72. The van der Waals surface area contributed by atoms with Gasteiger partial charge in [-0.05, 0) is 28.8 Å². The van der Waals surface area contributed by atoms with E-state index in [4.69, 9.17) is 0 Å². The summed E-state index contributed by atoms with van der Waals surface area (Å²) in [4.78, 5) is 2.26. The lowest BCUT2D eigenvalue weighted by atomic mass is 9.95. The number of nitrogens with zero attached hydrogens (tertiary/aromatic N) is 1. The summed E-state index contributed by atoms with van der Waals surface area (Å²) in [6, 6.07) is 12.4. The van der Waals surface area contributed by atoms with Crippen molar-refractivity contribution in [1.82, 2.24) is 10.2 Å². The zero-order valence-electron chi connectivity index (χ0n) is 12.7. The Morgan fingerprint density at radius 1 is 1.05 bits per heavy atom. The molecule has 0 saturated carbocycles. The number of hydrogen-bond donors (Lipinski definition) is 1. The molecular formula is C17H23Cl2FN2. The van der Waals surface area contributed by atoms with Gasteiger partial charge in [0.2, 0.25) is 0 Å². The third-order valence-electron chi connectivity index (χ3n) is 4.27. The van der Waals surface area contributed by atoms with Crippen molar-refractivity contribution in [2.24, 2.45) is 0 Å². The molecule has 0 bridgehead atoms. The lowest BCUT2D eigenvalue weighted by Gasteiger charge is -2.34. The van der Waals surface area contributed by atoms with Gasteiger partial charge in [-0.2, -0.15) is 0 Å². The summed E-state index contributed by atoms with van der Waals surface area (Å²) < 4.78 is 13.7. The summed E-state index contributed by atoms with van der Waals surface area (Å²) in [6.07, 6.45) is 0. The summed E-state index contributed by atoms with van der Waals surface area (Å²) in [5, 5.41) is 5.75. The van der Waals surface area contributed by atoms with Crippen LogP contribution in [0.5, 0.6) is 0 Å². The molecule has 1 atom stereocenters. The number of fused-ring (bicyclic) bond motifs is 1. The van der Waals surface area contributed by atoms with Crippen LogP contribution in [0.2, 0.25) is 0 Å². The van der Waals surface area contributed by atoms with Crippen molar-refractivity contribution in [3.05, 3.63) is 47.5 Å². The van der Waals surface area contributed by atoms with E-state index in [-0.39, 0.29) is 37.5 Å². The second-order valence-electron chi connectivity index (χ2n) is 5.47. The molecule has 3 rings (SSSR count). The molecule has 1 fully saturated rings. The van der Waals surface area contributed by atoms with Crippen molar-refractivity contribution >= 4 is 35.6 Å². The summed E-state index contributed by atoms with van der Waals surface area (Å²) in [7, 11) is 0. The molecule has 1 N–H and O–H groups in total. The molecule has 1 aliphatic rings. The number of rotatable bonds is 3. The molecule has 2 nitrogen and oxygen atoms in total. The topological polar surface area (TPSA) is 15.3 Å². The highest BCUT2D eigenvalue weighted by Gasteiger charge is 2.23. The largest absolute Gasteiger partial charge is 0.314 e. The molecule has 2 aromatic carbocycles. The minimum atomic E-state index is -0.326. The zero-order chi connectivity index (χ0) is 13.9. The fourth-order valence-corrected chi connectivity index (χ4v) is 3.13. The van der Waals surface area contributed by atoms with Crippen LogP contribution in [-0.2, 0) is 0 Å². The van der Waals surface area contributed by atoms with Gasteiger partial charge in [0.15, 0.2) is 0 Å². The van der Waals surface area contributed by atoms with Gasteiger partial charge in [-0.25, -0.2) is 4.39 Å². The molecule has 22 heavy (non-hydrogen) atoms. The van der Waals surface area contributed by atoms with Crippen LogP contribution in [0.25, 0.3) is 10.8 Å². The van der Waals surface area contributed by atoms with Gasteiger partial charge in [-0.15, -0.1) is 24.8 Å². The first-order valence-electron chi connectivity index (χ1n) is 7.30. The fourth-order valence-electron chi connectivity index (χ4n) is 3.13. The molecule has 0 radical (unpaired) electrons. The van der Waals surface area contributed by atoms with Crippen molar-refractivity contribution in [3.63, 3.8) is 0 Å². The Hall–Kier alpha value is -0.870. The molecule has 0 aromatic heterocycles. The van der Waals surface area contributed by atoms with Gasteiger partial charge in [0.05, 0.1) is 6.04 Å². The van der Waals surface area contributed by atoms with Crippen molar-refractivity contribution < 1.29 is 4.39 Å². The number of nitrogens with one attached hydrogen (secondary N) is 1. The quantitative estimate of drug-likeness (QED) is 0.907. The SMILES string of the molecule is Cc1ccc([C@@H](CF)N2CCNCC2)c2ccccc12.Cl.Cl. The van der Waals surface area contributed by atoms with E-state index in [0.717, 1.165) is 31.7 Å². The van der Waals surface area contributed by atoms with Gasteiger partial charge in [-0.1, -0.05) is 36.4 Å². The second kappa shape index (κ2) is 8.68. The maximum Gasteiger partial charge on any atom is 0.109 e. The molecule has 2 aromatic rings. The molecule has 0 unspecified atom stereocenters. The second-order valence-corrected chi connectivity index (χ2v) is 5.47. The van der Waals surface area contributed by atoms with E-state index in [9.17, 15) is 4.39 Å². The average molecular weight is 345 g/mol. The zero-order valence-corrected chi connectivity index (χ0v) is 14.4. The predicted octanol–water partition coefficient (Wildman–Crippen LogP) is 3.91. The van der Waals surface area contributed by atoms with Crippen molar-refractivity contribution in [2.45, 2.75) is 13.0 Å². The molecule has 5 heteroatoms. The minimum absolute atomic E-state index is 0. The fraction of sp³-hybridized carbons (Fsp3) is 0.412. The van der Waals surface area contributed by atoms with E-state index in [1.54, 1.807) is 0 Å². The van der Waals surface area contributed by atoms with E-state index >= 15 is 0 Å². The first-order chi connectivity index (χ1) is 9.81. The van der Waals surface area contributed by atoms with Crippen LogP contribution in [0.4, 0.5) is 4.39 Å². The van der Waals surface area contributed by atoms with E-state index < -0.39 is 0 Å². The van der Waals surface area contributed by atoms with Crippen LogP contribution in [0, 0.1) is 6.92 Å². The summed E-state index contributed by atoms with van der Waals surface area (Å²) >= 11 is 0.